The van der Waals surface area contributed by atoms with Gasteiger partial charge in [0.05, 0.1) is 13.2 Å². The molecule has 1 amide bonds. The van der Waals surface area contributed by atoms with E-state index < -0.39 is 24.5 Å². The average Bonchev–Trinajstić information content (AvgIpc) is 2.10. The molecular formula is C8H16N2O4. The van der Waals surface area contributed by atoms with Gasteiger partial charge in [-0.25, -0.2) is 4.79 Å². The molecule has 6 heteroatoms. The lowest BCUT2D eigenvalue weighted by atomic mass is 10.3. The highest BCUT2D eigenvalue weighted by atomic mass is 16.4. The monoisotopic (exact) mass is 204 g/mol. The van der Waals surface area contributed by atoms with Crippen molar-refractivity contribution in [3.05, 3.63) is 0 Å². The first-order chi connectivity index (χ1) is 6.47. The number of carbonyl (C=O) groups excluding carboxylic acids is 1. The van der Waals surface area contributed by atoms with Crippen LogP contribution in [-0.4, -0.2) is 47.3 Å². The zero-order chi connectivity index (χ0) is 11.1. The number of nitrogens with one attached hydrogen (secondary N) is 2. The molecule has 4 N–H and O–H groups in total. The summed E-state index contributed by atoms with van der Waals surface area (Å²) in [5, 5.41) is 22.1. The number of hydrogen-bond acceptors (Lipinski definition) is 4. The van der Waals surface area contributed by atoms with E-state index in [9.17, 15) is 9.59 Å². The van der Waals surface area contributed by atoms with Crippen molar-refractivity contribution in [2.45, 2.75) is 25.9 Å². The minimum absolute atomic E-state index is 0.0431. The SMILES string of the molecule is CC(C)NCC(=O)N[C@@H](CO)C(=O)O. The molecule has 0 saturated carbocycles. The first kappa shape index (κ1) is 12.9. The summed E-state index contributed by atoms with van der Waals surface area (Å²) in [6.45, 7) is 3.17. The molecule has 0 saturated heterocycles. The van der Waals surface area contributed by atoms with Gasteiger partial charge in [-0.05, 0) is 0 Å². The van der Waals surface area contributed by atoms with E-state index >= 15 is 0 Å². The molecule has 82 valence electrons. The van der Waals surface area contributed by atoms with Crippen molar-refractivity contribution in [2.75, 3.05) is 13.2 Å². The summed E-state index contributed by atoms with van der Waals surface area (Å²) in [4.78, 5) is 21.5. The molecule has 14 heavy (non-hydrogen) atoms. The summed E-state index contributed by atoms with van der Waals surface area (Å²) in [6.07, 6.45) is 0. The maximum absolute atomic E-state index is 11.1. The van der Waals surface area contributed by atoms with Crippen LogP contribution in [0.4, 0.5) is 0 Å². The van der Waals surface area contributed by atoms with Gasteiger partial charge in [0.25, 0.3) is 0 Å². The van der Waals surface area contributed by atoms with E-state index in [-0.39, 0.29) is 12.6 Å². The number of hydrogen-bond donors (Lipinski definition) is 4. The molecule has 0 aliphatic carbocycles. The van der Waals surface area contributed by atoms with Crippen molar-refractivity contribution in [1.29, 1.82) is 0 Å². The van der Waals surface area contributed by atoms with E-state index in [1.165, 1.54) is 0 Å². The predicted molar refractivity (Wildman–Crippen MR) is 49.8 cm³/mol. The Morgan fingerprint density at radius 1 is 1.36 bits per heavy atom. The molecule has 0 aromatic heterocycles. The Hall–Kier alpha value is -1.14. The quantitative estimate of drug-likeness (QED) is 0.424. The second-order valence-corrected chi connectivity index (χ2v) is 3.18. The van der Waals surface area contributed by atoms with Crippen LogP contribution in [0.2, 0.25) is 0 Å². The number of aliphatic hydroxyl groups excluding tert-OH is 1. The van der Waals surface area contributed by atoms with Crippen molar-refractivity contribution >= 4 is 11.9 Å². The Morgan fingerprint density at radius 3 is 2.29 bits per heavy atom. The van der Waals surface area contributed by atoms with Crippen molar-refractivity contribution < 1.29 is 19.8 Å². The topological polar surface area (TPSA) is 98.7 Å². The van der Waals surface area contributed by atoms with E-state index in [2.05, 4.69) is 10.6 Å². The van der Waals surface area contributed by atoms with Crippen molar-refractivity contribution in [3.63, 3.8) is 0 Å². The highest BCUT2D eigenvalue weighted by Gasteiger charge is 2.18. The predicted octanol–water partition coefficient (Wildman–Crippen LogP) is -1.45. The minimum atomic E-state index is -1.25. The van der Waals surface area contributed by atoms with Gasteiger partial charge in [0.1, 0.15) is 6.04 Å². The van der Waals surface area contributed by atoms with Gasteiger partial charge in [0.2, 0.25) is 5.91 Å². The Morgan fingerprint density at radius 2 is 1.93 bits per heavy atom. The summed E-state index contributed by atoms with van der Waals surface area (Å²) in [5.41, 5.74) is 0. The van der Waals surface area contributed by atoms with Crippen LogP contribution in [0.25, 0.3) is 0 Å². The van der Waals surface area contributed by atoms with Crippen LogP contribution in [0, 0.1) is 0 Å². The molecule has 0 aromatic rings. The van der Waals surface area contributed by atoms with E-state index in [1.807, 2.05) is 13.8 Å². The van der Waals surface area contributed by atoms with Crippen molar-refractivity contribution in [3.8, 4) is 0 Å². The number of amides is 1. The Balaban J connectivity index is 3.85. The van der Waals surface area contributed by atoms with Gasteiger partial charge in [-0.2, -0.15) is 0 Å². The van der Waals surface area contributed by atoms with E-state index in [4.69, 9.17) is 10.2 Å². The second kappa shape index (κ2) is 6.33. The fourth-order valence-corrected chi connectivity index (χ4v) is 0.728. The molecule has 0 unspecified atom stereocenters. The van der Waals surface area contributed by atoms with Crippen LogP contribution in [0.15, 0.2) is 0 Å². The molecule has 0 heterocycles. The molecule has 0 aliphatic heterocycles. The van der Waals surface area contributed by atoms with E-state index in [0.29, 0.717) is 0 Å². The van der Waals surface area contributed by atoms with Crippen LogP contribution in [0.1, 0.15) is 13.8 Å². The van der Waals surface area contributed by atoms with Gasteiger partial charge in [-0.15, -0.1) is 0 Å². The Kier molecular flexibility index (Phi) is 5.82. The molecule has 0 rings (SSSR count). The van der Waals surface area contributed by atoms with Crippen LogP contribution < -0.4 is 10.6 Å². The third-order valence-corrected chi connectivity index (χ3v) is 1.49. The molecule has 6 nitrogen and oxygen atoms in total. The molecule has 0 aliphatic rings. The molecule has 0 fully saturated rings. The van der Waals surface area contributed by atoms with Crippen molar-refractivity contribution in [1.82, 2.24) is 10.6 Å². The summed E-state index contributed by atoms with van der Waals surface area (Å²) in [7, 11) is 0. The number of carboxylic acids is 1. The first-order valence-corrected chi connectivity index (χ1v) is 4.33. The van der Waals surface area contributed by atoms with E-state index in [0.717, 1.165) is 0 Å². The van der Waals surface area contributed by atoms with E-state index in [1.54, 1.807) is 0 Å². The molecule has 0 radical (unpaired) electrons. The summed E-state index contributed by atoms with van der Waals surface area (Å²) in [5.74, 6) is -1.69. The third-order valence-electron chi connectivity index (χ3n) is 1.49. The normalized spacial score (nSPS) is 12.6. The van der Waals surface area contributed by atoms with Gasteiger partial charge in [-0.1, -0.05) is 13.8 Å². The van der Waals surface area contributed by atoms with Gasteiger partial charge in [-0.3, -0.25) is 4.79 Å². The smallest absolute Gasteiger partial charge is 0.328 e. The summed E-state index contributed by atoms with van der Waals surface area (Å²) < 4.78 is 0. The fourth-order valence-electron chi connectivity index (χ4n) is 0.728. The number of aliphatic hydroxyl groups is 1. The van der Waals surface area contributed by atoms with Crippen LogP contribution in [-0.2, 0) is 9.59 Å². The maximum atomic E-state index is 11.1. The largest absolute Gasteiger partial charge is 0.480 e. The lowest BCUT2D eigenvalue weighted by Gasteiger charge is -2.13. The zero-order valence-corrected chi connectivity index (χ0v) is 8.28. The molecule has 0 spiro atoms. The summed E-state index contributed by atoms with van der Waals surface area (Å²) >= 11 is 0. The highest BCUT2D eigenvalue weighted by molar-refractivity contribution is 5.84. The van der Waals surface area contributed by atoms with Crippen LogP contribution in [0.3, 0.4) is 0 Å². The molecule has 1 atom stereocenters. The second-order valence-electron chi connectivity index (χ2n) is 3.18. The lowest BCUT2D eigenvalue weighted by molar-refractivity contribution is -0.142. The fraction of sp³-hybridized carbons (Fsp3) is 0.750. The third kappa shape index (κ3) is 5.50. The molecule has 0 bridgehead atoms. The van der Waals surface area contributed by atoms with Crippen molar-refractivity contribution in [2.24, 2.45) is 0 Å². The van der Waals surface area contributed by atoms with Crippen LogP contribution >= 0.6 is 0 Å². The number of aliphatic carboxylic acids is 1. The number of carbonyl (C=O) groups is 2. The Labute approximate surface area is 82.3 Å². The standard InChI is InChI=1S/C8H16N2O4/c1-5(2)9-3-7(12)10-6(4-11)8(13)14/h5-6,9,11H,3-4H2,1-2H3,(H,10,12)(H,13,14)/t6-/m0/s1. The van der Waals surface area contributed by atoms with Gasteiger partial charge < -0.3 is 20.8 Å². The summed E-state index contributed by atoms with van der Waals surface area (Å²) in [6, 6.07) is -1.07. The Bertz CT molecular complexity index is 206. The lowest BCUT2D eigenvalue weighted by Crippen LogP contribution is -2.47. The maximum Gasteiger partial charge on any atom is 0.328 e. The molecule has 0 aromatic carbocycles. The zero-order valence-electron chi connectivity index (χ0n) is 8.28. The number of carboxylic acid groups (broad SMARTS) is 1. The minimum Gasteiger partial charge on any atom is -0.480 e. The average molecular weight is 204 g/mol. The number of rotatable bonds is 6. The highest BCUT2D eigenvalue weighted by Crippen LogP contribution is 1.82. The first-order valence-electron chi connectivity index (χ1n) is 4.33. The van der Waals surface area contributed by atoms with Gasteiger partial charge in [0, 0.05) is 6.04 Å². The van der Waals surface area contributed by atoms with Gasteiger partial charge >= 0.3 is 5.97 Å². The van der Waals surface area contributed by atoms with Crippen LogP contribution in [0.5, 0.6) is 0 Å². The molecular weight excluding hydrogens is 188 g/mol. The van der Waals surface area contributed by atoms with Gasteiger partial charge in [0.15, 0.2) is 0 Å².